The molecule has 0 aromatic heterocycles. The van der Waals surface area contributed by atoms with E-state index in [1.54, 1.807) is 6.07 Å². The van der Waals surface area contributed by atoms with E-state index >= 15 is 0 Å². The molecule has 110 valence electrons. The zero-order chi connectivity index (χ0) is 14.8. The fourth-order valence-corrected chi connectivity index (χ4v) is 2.98. The number of hydrogen-bond acceptors (Lipinski definition) is 4. The number of nitrogens with zero attached hydrogens (tertiary/aromatic N) is 1. The summed E-state index contributed by atoms with van der Waals surface area (Å²) in [6.45, 7) is 0.785. The van der Waals surface area contributed by atoms with E-state index in [-0.39, 0.29) is 11.1 Å². The largest absolute Gasteiger partial charge is 0.478 e. The lowest BCUT2D eigenvalue weighted by molar-refractivity contribution is 0.0698. The fourth-order valence-electron chi connectivity index (χ4n) is 2.98. The molecular weight excluding hydrogens is 254 g/mol. The van der Waals surface area contributed by atoms with E-state index in [2.05, 4.69) is 24.3 Å². The minimum Gasteiger partial charge on any atom is -0.478 e. The second-order valence-corrected chi connectivity index (χ2v) is 5.75. The molecule has 4 N–H and O–H groups in total. The van der Waals surface area contributed by atoms with Crippen molar-refractivity contribution in [2.45, 2.75) is 31.2 Å². The molecule has 1 aromatic carbocycles. The molecule has 0 spiro atoms. The lowest BCUT2D eigenvalue weighted by Crippen LogP contribution is -2.47. The van der Waals surface area contributed by atoms with Gasteiger partial charge < -0.3 is 21.1 Å². The molecule has 0 amide bonds. The predicted molar refractivity (Wildman–Crippen MR) is 81.2 cm³/mol. The molecule has 1 aliphatic rings. The van der Waals surface area contributed by atoms with Crippen molar-refractivity contribution in [1.29, 1.82) is 0 Å². The Morgan fingerprint density at radius 3 is 2.60 bits per heavy atom. The van der Waals surface area contributed by atoms with Crippen LogP contribution < -0.4 is 11.1 Å². The van der Waals surface area contributed by atoms with Crippen molar-refractivity contribution < 1.29 is 9.90 Å². The number of carbonyl (C=O) groups is 1. The van der Waals surface area contributed by atoms with Gasteiger partial charge in [-0.25, -0.2) is 4.79 Å². The third-order valence-corrected chi connectivity index (χ3v) is 4.43. The number of rotatable bonds is 5. The van der Waals surface area contributed by atoms with Crippen LogP contribution in [0.25, 0.3) is 0 Å². The van der Waals surface area contributed by atoms with E-state index in [1.165, 1.54) is 18.9 Å². The number of nitrogens with two attached hydrogens (primary N) is 1. The first-order valence-electron chi connectivity index (χ1n) is 6.99. The molecule has 0 radical (unpaired) electrons. The minimum atomic E-state index is -0.991. The molecule has 5 nitrogen and oxygen atoms in total. The first kappa shape index (κ1) is 14.7. The highest BCUT2D eigenvalue weighted by Gasteiger charge is 2.35. The molecule has 0 saturated heterocycles. The number of likely N-dealkylation sites (N-methyl/N-ethyl adjacent to an activating group) is 1. The van der Waals surface area contributed by atoms with Crippen LogP contribution in [-0.4, -0.2) is 42.2 Å². The van der Waals surface area contributed by atoms with Gasteiger partial charge in [0.1, 0.15) is 0 Å². The second-order valence-electron chi connectivity index (χ2n) is 5.75. The topological polar surface area (TPSA) is 78.6 Å². The highest BCUT2D eigenvalue weighted by Crippen LogP contribution is 2.34. The fraction of sp³-hybridized carbons (Fsp3) is 0.533. The minimum absolute atomic E-state index is 0.145. The molecule has 0 aliphatic heterocycles. The molecule has 2 rings (SSSR count). The predicted octanol–water partition coefficient (Wildman–Crippen LogP) is 2.25. The highest BCUT2D eigenvalue weighted by molar-refractivity contribution is 5.97. The van der Waals surface area contributed by atoms with Crippen molar-refractivity contribution >= 4 is 17.3 Å². The van der Waals surface area contributed by atoms with Crippen LogP contribution in [0.5, 0.6) is 0 Å². The summed E-state index contributed by atoms with van der Waals surface area (Å²) < 4.78 is 0. The quantitative estimate of drug-likeness (QED) is 0.719. The molecular formula is C15H23N3O2. The van der Waals surface area contributed by atoms with Gasteiger partial charge in [0, 0.05) is 12.1 Å². The normalized spacial score (nSPS) is 17.4. The Kier molecular flexibility index (Phi) is 4.18. The lowest BCUT2D eigenvalue weighted by atomic mass is 9.95. The summed E-state index contributed by atoms with van der Waals surface area (Å²) >= 11 is 0. The molecule has 0 unspecified atom stereocenters. The standard InChI is InChI=1S/C15H23N3O2/c1-18(2)15(8-3-4-9-15)10-17-12-7-5-6-11(13(12)16)14(19)20/h5-7,17H,3-4,8-10,16H2,1-2H3,(H,19,20). The molecule has 0 heterocycles. The summed E-state index contributed by atoms with van der Waals surface area (Å²) in [7, 11) is 4.20. The van der Waals surface area contributed by atoms with Crippen molar-refractivity contribution in [1.82, 2.24) is 4.90 Å². The first-order chi connectivity index (χ1) is 9.46. The van der Waals surface area contributed by atoms with Crippen LogP contribution in [0.4, 0.5) is 11.4 Å². The summed E-state index contributed by atoms with van der Waals surface area (Å²) in [5.74, 6) is -0.991. The number of carboxylic acids is 1. The van der Waals surface area contributed by atoms with E-state index in [4.69, 9.17) is 10.8 Å². The van der Waals surface area contributed by atoms with Gasteiger partial charge in [-0.15, -0.1) is 0 Å². The Hall–Kier alpha value is -1.75. The average Bonchev–Trinajstić information content (AvgIpc) is 2.87. The van der Waals surface area contributed by atoms with Crippen LogP contribution in [-0.2, 0) is 0 Å². The molecule has 20 heavy (non-hydrogen) atoms. The van der Waals surface area contributed by atoms with Crippen molar-refractivity contribution in [2.24, 2.45) is 0 Å². The molecule has 1 aromatic rings. The van der Waals surface area contributed by atoms with Gasteiger partial charge in [0.05, 0.1) is 16.9 Å². The summed E-state index contributed by atoms with van der Waals surface area (Å²) in [6, 6.07) is 5.08. The number of nitrogen functional groups attached to an aromatic ring is 1. The summed E-state index contributed by atoms with van der Waals surface area (Å²) in [5, 5.41) is 12.4. The van der Waals surface area contributed by atoms with Crippen molar-refractivity contribution in [3.05, 3.63) is 23.8 Å². The van der Waals surface area contributed by atoms with Crippen LogP contribution in [0.3, 0.4) is 0 Å². The third kappa shape index (κ3) is 2.72. The number of benzene rings is 1. The van der Waals surface area contributed by atoms with E-state index in [9.17, 15) is 4.79 Å². The van der Waals surface area contributed by atoms with Crippen LogP contribution >= 0.6 is 0 Å². The Bertz CT molecular complexity index is 494. The van der Waals surface area contributed by atoms with E-state index in [1.807, 2.05) is 6.07 Å². The number of hydrogen-bond donors (Lipinski definition) is 3. The molecule has 0 atom stereocenters. The van der Waals surface area contributed by atoms with Gasteiger partial charge in [-0.1, -0.05) is 18.9 Å². The maximum absolute atomic E-state index is 11.1. The van der Waals surface area contributed by atoms with Crippen LogP contribution in [0.15, 0.2) is 18.2 Å². The maximum Gasteiger partial charge on any atom is 0.337 e. The van der Waals surface area contributed by atoms with Gasteiger partial charge in [-0.2, -0.15) is 0 Å². The van der Waals surface area contributed by atoms with Crippen molar-refractivity contribution in [3.63, 3.8) is 0 Å². The zero-order valence-corrected chi connectivity index (χ0v) is 12.1. The number of para-hydroxylation sites is 1. The van der Waals surface area contributed by atoms with Gasteiger partial charge in [0.25, 0.3) is 0 Å². The molecule has 1 aliphatic carbocycles. The molecule has 1 saturated carbocycles. The number of carboxylic acid groups (broad SMARTS) is 1. The lowest BCUT2D eigenvalue weighted by Gasteiger charge is -2.37. The Morgan fingerprint density at radius 1 is 1.40 bits per heavy atom. The smallest absolute Gasteiger partial charge is 0.337 e. The average molecular weight is 277 g/mol. The summed E-state index contributed by atoms with van der Waals surface area (Å²) in [6.07, 6.45) is 4.80. The summed E-state index contributed by atoms with van der Waals surface area (Å²) in [5.41, 5.74) is 7.25. The van der Waals surface area contributed by atoms with Gasteiger partial charge in [0.2, 0.25) is 0 Å². The Morgan fingerprint density at radius 2 is 2.05 bits per heavy atom. The highest BCUT2D eigenvalue weighted by atomic mass is 16.4. The maximum atomic E-state index is 11.1. The second kappa shape index (κ2) is 5.71. The third-order valence-electron chi connectivity index (χ3n) is 4.43. The van der Waals surface area contributed by atoms with Crippen LogP contribution in [0.2, 0.25) is 0 Å². The van der Waals surface area contributed by atoms with Crippen molar-refractivity contribution in [2.75, 3.05) is 31.7 Å². The number of anilines is 2. The van der Waals surface area contributed by atoms with E-state index in [0.29, 0.717) is 11.4 Å². The van der Waals surface area contributed by atoms with Gasteiger partial charge in [-0.3, -0.25) is 0 Å². The first-order valence-corrected chi connectivity index (χ1v) is 6.99. The van der Waals surface area contributed by atoms with E-state index in [0.717, 1.165) is 19.4 Å². The Balaban J connectivity index is 2.15. The molecule has 0 bridgehead atoms. The monoisotopic (exact) mass is 277 g/mol. The molecule has 1 fully saturated rings. The van der Waals surface area contributed by atoms with Gasteiger partial charge >= 0.3 is 5.97 Å². The SMILES string of the molecule is CN(C)C1(CNc2cccc(C(=O)O)c2N)CCCC1. The number of nitrogens with one attached hydrogen (secondary N) is 1. The zero-order valence-electron chi connectivity index (χ0n) is 12.1. The van der Waals surface area contributed by atoms with Crippen LogP contribution in [0.1, 0.15) is 36.0 Å². The van der Waals surface area contributed by atoms with E-state index < -0.39 is 5.97 Å². The van der Waals surface area contributed by atoms with Crippen molar-refractivity contribution in [3.8, 4) is 0 Å². The van der Waals surface area contributed by atoms with Gasteiger partial charge in [0.15, 0.2) is 0 Å². The Labute approximate surface area is 119 Å². The van der Waals surface area contributed by atoms with Gasteiger partial charge in [-0.05, 0) is 39.1 Å². The number of aromatic carboxylic acids is 1. The summed E-state index contributed by atoms with van der Waals surface area (Å²) in [4.78, 5) is 13.4. The van der Waals surface area contributed by atoms with Crippen LogP contribution in [0, 0.1) is 0 Å². The molecule has 5 heteroatoms.